The SMILES string of the molecule is CCC(CCC1=CCCC=C1)CNC. The van der Waals surface area contributed by atoms with E-state index < -0.39 is 0 Å². The fraction of sp³-hybridized carbons (Fsp3) is 0.692. The van der Waals surface area contributed by atoms with Crippen molar-refractivity contribution in [1.82, 2.24) is 5.32 Å². The van der Waals surface area contributed by atoms with Gasteiger partial charge < -0.3 is 5.32 Å². The van der Waals surface area contributed by atoms with E-state index in [0.717, 1.165) is 12.5 Å². The molecular weight excluding hydrogens is 170 g/mol. The summed E-state index contributed by atoms with van der Waals surface area (Å²) in [6.45, 7) is 3.45. The van der Waals surface area contributed by atoms with Gasteiger partial charge in [-0.1, -0.05) is 37.1 Å². The highest BCUT2D eigenvalue weighted by Gasteiger charge is 2.06. The molecule has 0 aliphatic heterocycles. The molecule has 1 atom stereocenters. The Labute approximate surface area is 88.3 Å². The smallest absolute Gasteiger partial charge is 0.00235 e. The lowest BCUT2D eigenvalue weighted by Crippen LogP contribution is -2.18. The summed E-state index contributed by atoms with van der Waals surface area (Å²) in [6, 6.07) is 0. The van der Waals surface area contributed by atoms with E-state index in [-0.39, 0.29) is 0 Å². The zero-order valence-electron chi connectivity index (χ0n) is 9.55. The van der Waals surface area contributed by atoms with E-state index in [2.05, 4.69) is 30.5 Å². The highest BCUT2D eigenvalue weighted by molar-refractivity contribution is 5.21. The van der Waals surface area contributed by atoms with Crippen LogP contribution in [0.3, 0.4) is 0 Å². The van der Waals surface area contributed by atoms with Gasteiger partial charge in [-0.05, 0) is 45.2 Å². The Balaban J connectivity index is 2.23. The molecule has 1 unspecified atom stereocenters. The van der Waals surface area contributed by atoms with Gasteiger partial charge in [0, 0.05) is 0 Å². The topological polar surface area (TPSA) is 12.0 Å². The monoisotopic (exact) mass is 193 g/mol. The summed E-state index contributed by atoms with van der Waals surface area (Å²) < 4.78 is 0. The second-order valence-corrected chi connectivity index (χ2v) is 4.13. The van der Waals surface area contributed by atoms with Crippen LogP contribution < -0.4 is 5.32 Å². The third kappa shape index (κ3) is 4.10. The lowest BCUT2D eigenvalue weighted by molar-refractivity contribution is 0.451. The fourth-order valence-electron chi connectivity index (χ4n) is 1.96. The van der Waals surface area contributed by atoms with Crippen LogP contribution in [0.1, 0.15) is 39.0 Å². The van der Waals surface area contributed by atoms with Crippen molar-refractivity contribution in [2.45, 2.75) is 39.0 Å². The van der Waals surface area contributed by atoms with Crippen molar-refractivity contribution in [3.05, 3.63) is 23.8 Å². The second-order valence-electron chi connectivity index (χ2n) is 4.13. The van der Waals surface area contributed by atoms with Gasteiger partial charge in [0.05, 0.1) is 0 Å². The Morgan fingerprint density at radius 1 is 1.43 bits per heavy atom. The average Bonchev–Trinajstić information content (AvgIpc) is 2.25. The predicted molar refractivity (Wildman–Crippen MR) is 63.4 cm³/mol. The van der Waals surface area contributed by atoms with Crippen LogP contribution in [0.4, 0.5) is 0 Å². The van der Waals surface area contributed by atoms with E-state index in [4.69, 9.17) is 0 Å². The molecule has 80 valence electrons. The number of hydrogen-bond donors (Lipinski definition) is 1. The molecule has 1 aliphatic rings. The molecule has 0 saturated carbocycles. The summed E-state index contributed by atoms with van der Waals surface area (Å²) in [4.78, 5) is 0. The van der Waals surface area contributed by atoms with Crippen molar-refractivity contribution in [2.24, 2.45) is 5.92 Å². The molecule has 1 heteroatoms. The minimum Gasteiger partial charge on any atom is -0.319 e. The number of nitrogens with one attached hydrogen (secondary N) is 1. The number of allylic oxidation sites excluding steroid dienone is 4. The molecule has 0 saturated heterocycles. The maximum atomic E-state index is 3.27. The van der Waals surface area contributed by atoms with E-state index in [0.29, 0.717) is 0 Å². The first kappa shape index (κ1) is 11.5. The maximum Gasteiger partial charge on any atom is -0.00235 e. The van der Waals surface area contributed by atoms with E-state index in [1.165, 1.54) is 32.1 Å². The first-order chi connectivity index (χ1) is 6.86. The summed E-state index contributed by atoms with van der Waals surface area (Å²) in [5.41, 5.74) is 1.55. The standard InChI is InChI=1S/C13H23N/c1-3-12(11-14-2)9-10-13-7-5-4-6-8-13/h5,7-8,12,14H,3-4,6,9-11H2,1-2H3. The second kappa shape index (κ2) is 6.83. The quantitative estimate of drug-likeness (QED) is 0.682. The van der Waals surface area contributed by atoms with Crippen LogP contribution in [-0.4, -0.2) is 13.6 Å². The van der Waals surface area contributed by atoms with Crippen molar-refractivity contribution in [2.75, 3.05) is 13.6 Å². The summed E-state index contributed by atoms with van der Waals surface area (Å²) in [6.07, 6.45) is 13.4. The minimum absolute atomic E-state index is 0.844. The van der Waals surface area contributed by atoms with Crippen molar-refractivity contribution in [3.63, 3.8) is 0 Å². The first-order valence-electron chi connectivity index (χ1n) is 5.87. The van der Waals surface area contributed by atoms with Crippen LogP contribution in [-0.2, 0) is 0 Å². The summed E-state index contributed by atoms with van der Waals surface area (Å²) in [5.74, 6) is 0.844. The van der Waals surface area contributed by atoms with Gasteiger partial charge in [0.15, 0.2) is 0 Å². The van der Waals surface area contributed by atoms with Crippen LogP contribution >= 0.6 is 0 Å². The zero-order chi connectivity index (χ0) is 10.2. The summed E-state index contributed by atoms with van der Waals surface area (Å²) in [5, 5.41) is 3.27. The lowest BCUT2D eigenvalue weighted by atomic mass is 9.95. The van der Waals surface area contributed by atoms with E-state index in [1.54, 1.807) is 5.57 Å². The van der Waals surface area contributed by atoms with Gasteiger partial charge in [0.2, 0.25) is 0 Å². The zero-order valence-corrected chi connectivity index (χ0v) is 9.55. The van der Waals surface area contributed by atoms with Gasteiger partial charge in [0.1, 0.15) is 0 Å². The first-order valence-corrected chi connectivity index (χ1v) is 5.87. The fourth-order valence-corrected chi connectivity index (χ4v) is 1.96. The average molecular weight is 193 g/mol. The van der Waals surface area contributed by atoms with E-state index in [9.17, 15) is 0 Å². The van der Waals surface area contributed by atoms with E-state index >= 15 is 0 Å². The molecular formula is C13H23N. The minimum atomic E-state index is 0.844. The van der Waals surface area contributed by atoms with Crippen molar-refractivity contribution >= 4 is 0 Å². The molecule has 0 spiro atoms. The molecule has 0 bridgehead atoms. The van der Waals surface area contributed by atoms with Crippen molar-refractivity contribution < 1.29 is 0 Å². The summed E-state index contributed by atoms with van der Waals surface area (Å²) >= 11 is 0. The molecule has 0 heterocycles. The Hall–Kier alpha value is -0.560. The molecule has 0 aromatic heterocycles. The Kier molecular flexibility index (Phi) is 5.62. The Bertz CT molecular complexity index is 203. The Morgan fingerprint density at radius 3 is 2.86 bits per heavy atom. The molecule has 0 aromatic rings. The molecule has 1 rings (SSSR count). The largest absolute Gasteiger partial charge is 0.319 e. The third-order valence-corrected chi connectivity index (χ3v) is 2.98. The molecule has 1 aliphatic carbocycles. The van der Waals surface area contributed by atoms with Crippen LogP contribution in [0.5, 0.6) is 0 Å². The number of hydrogen-bond acceptors (Lipinski definition) is 1. The molecule has 1 nitrogen and oxygen atoms in total. The van der Waals surface area contributed by atoms with Gasteiger partial charge in [-0.3, -0.25) is 0 Å². The van der Waals surface area contributed by atoms with Gasteiger partial charge in [-0.25, -0.2) is 0 Å². The molecule has 0 aromatic carbocycles. The molecule has 0 radical (unpaired) electrons. The highest BCUT2D eigenvalue weighted by atomic mass is 14.8. The van der Waals surface area contributed by atoms with Crippen LogP contribution in [0.15, 0.2) is 23.8 Å². The normalized spacial score (nSPS) is 18.0. The van der Waals surface area contributed by atoms with Crippen molar-refractivity contribution in [1.29, 1.82) is 0 Å². The maximum absolute atomic E-state index is 3.27. The van der Waals surface area contributed by atoms with Crippen molar-refractivity contribution in [3.8, 4) is 0 Å². The molecule has 14 heavy (non-hydrogen) atoms. The molecule has 0 amide bonds. The number of rotatable bonds is 6. The Morgan fingerprint density at radius 2 is 2.29 bits per heavy atom. The highest BCUT2D eigenvalue weighted by Crippen LogP contribution is 2.19. The van der Waals surface area contributed by atoms with Gasteiger partial charge >= 0.3 is 0 Å². The summed E-state index contributed by atoms with van der Waals surface area (Å²) in [7, 11) is 2.04. The third-order valence-electron chi connectivity index (χ3n) is 2.98. The van der Waals surface area contributed by atoms with Gasteiger partial charge in [-0.2, -0.15) is 0 Å². The molecule has 1 N–H and O–H groups in total. The van der Waals surface area contributed by atoms with Gasteiger partial charge in [-0.15, -0.1) is 0 Å². The van der Waals surface area contributed by atoms with Crippen LogP contribution in [0.25, 0.3) is 0 Å². The van der Waals surface area contributed by atoms with Crippen LogP contribution in [0.2, 0.25) is 0 Å². The molecule has 0 fully saturated rings. The predicted octanol–water partition coefficient (Wildman–Crippen LogP) is 3.29. The van der Waals surface area contributed by atoms with E-state index in [1.807, 2.05) is 7.05 Å². The van der Waals surface area contributed by atoms with Crippen LogP contribution in [0, 0.1) is 5.92 Å². The van der Waals surface area contributed by atoms with Gasteiger partial charge in [0.25, 0.3) is 0 Å². The lowest BCUT2D eigenvalue weighted by Gasteiger charge is -2.15.